The molecular formula is C14H25N3O2. The van der Waals surface area contributed by atoms with E-state index in [1.165, 1.54) is 6.42 Å². The first-order valence-electron chi connectivity index (χ1n) is 7.10. The Morgan fingerprint density at radius 2 is 2.32 bits per heavy atom. The Bertz CT molecular complexity index is 381. The summed E-state index contributed by atoms with van der Waals surface area (Å²) in [4.78, 5) is 5.00. The monoisotopic (exact) mass is 267 g/mol. The van der Waals surface area contributed by atoms with Gasteiger partial charge < -0.3 is 9.26 Å². The van der Waals surface area contributed by atoms with Crippen LogP contribution in [0.15, 0.2) is 10.6 Å². The Hall–Kier alpha value is -0.910. The van der Waals surface area contributed by atoms with Crippen LogP contribution < -0.4 is 0 Å². The summed E-state index contributed by atoms with van der Waals surface area (Å²) in [7, 11) is 1.77. The van der Waals surface area contributed by atoms with Crippen molar-refractivity contribution in [2.45, 2.75) is 32.9 Å². The molecule has 2 rings (SSSR count). The van der Waals surface area contributed by atoms with E-state index in [1.54, 1.807) is 7.11 Å². The summed E-state index contributed by atoms with van der Waals surface area (Å²) >= 11 is 0. The highest BCUT2D eigenvalue weighted by atomic mass is 16.5. The van der Waals surface area contributed by atoms with Crippen LogP contribution >= 0.6 is 0 Å². The maximum absolute atomic E-state index is 5.18. The Morgan fingerprint density at radius 1 is 1.47 bits per heavy atom. The van der Waals surface area contributed by atoms with Crippen LogP contribution in [0.4, 0.5) is 0 Å². The van der Waals surface area contributed by atoms with Gasteiger partial charge in [0.25, 0.3) is 0 Å². The third-order valence-corrected chi connectivity index (χ3v) is 3.81. The molecule has 1 aliphatic rings. The van der Waals surface area contributed by atoms with E-state index in [4.69, 9.17) is 9.26 Å². The van der Waals surface area contributed by atoms with E-state index in [0.29, 0.717) is 6.04 Å². The first kappa shape index (κ1) is 14.5. The van der Waals surface area contributed by atoms with E-state index in [0.717, 1.165) is 50.8 Å². The lowest BCUT2D eigenvalue weighted by atomic mass is 10.1. The molecule has 19 heavy (non-hydrogen) atoms. The summed E-state index contributed by atoms with van der Waals surface area (Å²) in [6, 6.07) is 2.65. The zero-order valence-corrected chi connectivity index (χ0v) is 12.3. The van der Waals surface area contributed by atoms with E-state index in [1.807, 2.05) is 13.0 Å². The van der Waals surface area contributed by atoms with E-state index in [2.05, 4.69) is 21.9 Å². The van der Waals surface area contributed by atoms with Crippen LogP contribution in [0.1, 0.15) is 24.8 Å². The Labute approximate surface area is 115 Å². The minimum atomic E-state index is 0.622. The molecular weight excluding hydrogens is 242 g/mol. The first-order valence-corrected chi connectivity index (χ1v) is 7.10. The molecule has 5 heteroatoms. The molecule has 1 aliphatic heterocycles. The van der Waals surface area contributed by atoms with Crippen molar-refractivity contribution < 1.29 is 9.26 Å². The molecule has 0 aliphatic carbocycles. The van der Waals surface area contributed by atoms with Crippen molar-refractivity contribution >= 4 is 0 Å². The molecule has 108 valence electrons. The van der Waals surface area contributed by atoms with Crippen molar-refractivity contribution in [1.29, 1.82) is 0 Å². The number of ether oxygens (including phenoxy) is 1. The molecule has 1 atom stereocenters. The maximum Gasteiger partial charge on any atom is 0.133 e. The standard InChI is InChI=1S/C14H25N3O2/c1-4-14-11-16(5-6-17(14)7-8-18-3)10-13-9-12(2)19-15-13/h9,14H,4-8,10-11H2,1-3H3. The van der Waals surface area contributed by atoms with Crippen LogP contribution in [-0.2, 0) is 11.3 Å². The van der Waals surface area contributed by atoms with Gasteiger partial charge in [0.1, 0.15) is 5.76 Å². The number of aryl methyl sites for hydroxylation is 1. The lowest BCUT2D eigenvalue weighted by Gasteiger charge is -2.40. The molecule has 0 saturated carbocycles. The van der Waals surface area contributed by atoms with Crippen molar-refractivity contribution in [3.05, 3.63) is 17.5 Å². The lowest BCUT2D eigenvalue weighted by molar-refractivity contribution is 0.0457. The van der Waals surface area contributed by atoms with E-state index in [-0.39, 0.29) is 0 Å². The molecule has 0 bridgehead atoms. The molecule has 1 aromatic rings. The van der Waals surface area contributed by atoms with Gasteiger partial charge in [-0.3, -0.25) is 9.80 Å². The van der Waals surface area contributed by atoms with Gasteiger partial charge in [-0.05, 0) is 13.3 Å². The van der Waals surface area contributed by atoms with Crippen molar-refractivity contribution in [2.24, 2.45) is 0 Å². The van der Waals surface area contributed by atoms with Gasteiger partial charge in [0.15, 0.2) is 0 Å². The zero-order chi connectivity index (χ0) is 13.7. The second-order valence-electron chi connectivity index (χ2n) is 5.25. The fourth-order valence-electron chi connectivity index (χ4n) is 2.71. The van der Waals surface area contributed by atoms with Gasteiger partial charge in [0, 0.05) is 51.9 Å². The summed E-state index contributed by atoms with van der Waals surface area (Å²) in [5, 5.41) is 4.08. The largest absolute Gasteiger partial charge is 0.383 e. The number of hydrogen-bond donors (Lipinski definition) is 0. The maximum atomic E-state index is 5.18. The van der Waals surface area contributed by atoms with E-state index >= 15 is 0 Å². The van der Waals surface area contributed by atoms with Crippen molar-refractivity contribution in [1.82, 2.24) is 15.0 Å². The average molecular weight is 267 g/mol. The summed E-state index contributed by atoms with van der Waals surface area (Å²) in [5.74, 6) is 0.890. The molecule has 0 radical (unpaired) electrons. The smallest absolute Gasteiger partial charge is 0.133 e. The molecule has 0 aromatic carbocycles. The zero-order valence-electron chi connectivity index (χ0n) is 12.3. The van der Waals surface area contributed by atoms with Crippen LogP contribution in [0.2, 0.25) is 0 Å². The van der Waals surface area contributed by atoms with Crippen molar-refractivity contribution in [2.75, 3.05) is 39.9 Å². The molecule has 2 heterocycles. The molecule has 1 saturated heterocycles. The van der Waals surface area contributed by atoms with Gasteiger partial charge in [-0.25, -0.2) is 0 Å². The number of hydrogen-bond acceptors (Lipinski definition) is 5. The van der Waals surface area contributed by atoms with Crippen LogP contribution in [0.5, 0.6) is 0 Å². The quantitative estimate of drug-likeness (QED) is 0.782. The minimum absolute atomic E-state index is 0.622. The number of methoxy groups -OCH3 is 1. The Kier molecular flexibility index (Phi) is 5.36. The Balaban J connectivity index is 1.85. The van der Waals surface area contributed by atoms with Gasteiger partial charge in [0.2, 0.25) is 0 Å². The van der Waals surface area contributed by atoms with Crippen LogP contribution in [0.3, 0.4) is 0 Å². The molecule has 0 spiro atoms. The molecule has 1 fully saturated rings. The fraction of sp³-hybridized carbons (Fsp3) is 0.786. The highest BCUT2D eigenvalue weighted by Gasteiger charge is 2.25. The predicted molar refractivity (Wildman–Crippen MR) is 74.0 cm³/mol. The average Bonchev–Trinajstić information content (AvgIpc) is 2.82. The molecule has 1 unspecified atom stereocenters. The second kappa shape index (κ2) is 7.03. The molecule has 1 aromatic heterocycles. The molecule has 0 amide bonds. The van der Waals surface area contributed by atoms with Gasteiger partial charge in [-0.2, -0.15) is 0 Å². The topological polar surface area (TPSA) is 41.7 Å². The molecule has 5 nitrogen and oxygen atoms in total. The van der Waals surface area contributed by atoms with Crippen LogP contribution in [-0.4, -0.2) is 60.9 Å². The third-order valence-electron chi connectivity index (χ3n) is 3.81. The summed E-state index contributed by atoms with van der Waals surface area (Å²) < 4.78 is 10.3. The highest BCUT2D eigenvalue weighted by Crippen LogP contribution is 2.15. The fourth-order valence-corrected chi connectivity index (χ4v) is 2.71. The normalized spacial score (nSPS) is 21.9. The van der Waals surface area contributed by atoms with Gasteiger partial charge in [-0.1, -0.05) is 12.1 Å². The van der Waals surface area contributed by atoms with Gasteiger partial charge in [0.05, 0.1) is 12.3 Å². The minimum Gasteiger partial charge on any atom is -0.383 e. The van der Waals surface area contributed by atoms with E-state index < -0.39 is 0 Å². The van der Waals surface area contributed by atoms with Gasteiger partial charge in [-0.15, -0.1) is 0 Å². The predicted octanol–water partition coefficient (Wildman–Crippen LogP) is 1.53. The summed E-state index contributed by atoms with van der Waals surface area (Å²) in [5.41, 5.74) is 1.04. The number of aromatic nitrogens is 1. The SMILES string of the molecule is CCC1CN(Cc2cc(C)on2)CCN1CCOC. The lowest BCUT2D eigenvalue weighted by Crippen LogP contribution is -2.53. The number of rotatable bonds is 6. The van der Waals surface area contributed by atoms with Crippen LogP contribution in [0, 0.1) is 6.92 Å². The third kappa shape index (κ3) is 4.03. The van der Waals surface area contributed by atoms with Crippen molar-refractivity contribution in [3.63, 3.8) is 0 Å². The highest BCUT2D eigenvalue weighted by molar-refractivity contribution is 5.03. The number of nitrogens with zero attached hydrogens (tertiary/aromatic N) is 3. The molecule has 0 N–H and O–H groups in total. The number of piperazine rings is 1. The summed E-state index contributed by atoms with van der Waals surface area (Å²) in [6.07, 6.45) is 1.18. The van der Waals surface area contributed by atoms with Crippen molar-refractivity contribution in [3.8, 4) is 0 Å². The van der Waals surface area contributed by atoms with Crippen LogP contribution in [0.25, 0.3) is 0 Å². The van der Waals surface area contributed by atoms with Gasteiger partial charge >= 0.3 is 0 Å². The second-order valence-corrected chi connectivity index (χ2v) is 5.25. The van der Waals surface area contributed by atoms with E-state index in [9.17, 15) is 0 Å². The summed E-state index contributed by atoms with van der Waals surface area (Å²) in [6.45, 7) is 10.2. The Morgan fingerprint density at radius 3 is 2.95 bits per heavy atom. The first-order chi connectivity index (χ1) is 9.22.